The van der Waals surface area contributed by atoms with E-state index < -0.39 is 0 Å². The Balaban J connectivity index is 3.77. The summed E-state index contributed by atoms with van der Waals surface area (Å²) in [6.07, 6.45) is 0. The molecule has 1 atom stereocenters. The number of nitrogens with one attached hydrogen (secondary N) is 1. The van der Waals surface area contributed by atoms with Crippen molar-refractivity contribution in [2.75, 3.05) is 26.4 Å². The average molecular weight is 247 g/mol. The van der Waals surface area contributed by atoms with E-state index in [4.69, 9.17) is 9.47 Å². The molecule has 0 rings (SSSR count). The number of rotatable bonds is 8. The lowest BCUT2D eigenvalue weighted by Gasteiger charge is -2.31. The summed E-state index contributed by atoms with van der Waals surface area (Å²) in [6, 6.07) is 0.321. The van der Waals surface area contributed by atoms with Crippen LogP contribution in [0.15, 0.2) is 0 Å². The number of hydrogen-bond donors (Lipinski definition) is 2. The molecule has 104 valence electrons. The molecular formula is C13H29NO3. The minimum absolute atomic E-state index is 0.0608. The first-order chi connectivity index (χ1) is 7.68. The Hall–Kier alpha value is -0.160. The van der Waals surface area contributed by atoms with Gasteiger partial charge in [0.1, 0.15) is 0 Å². The molecule has 0 saturated heterocycles. The number of aliphatic hydroxyl groups excluding tert-OH is 1. The minimum atomic E-state index is -0.379. The van der Waals surface area contributed by atoms with Gasteiger partial charge in [-0.2, -0.15) is 0 Å². The highest BCUT2D eigenvalue weighted by atomic mass is 16.5. The first kappa shape index (κ1) is 16.8. The summed E-state index contributed by atoms with van der Waals surface area (Å²) in [5, 5.41) is 12.6. The second kappa shape index (κ2) is 7.31. The predicted octanol–water partition coefficient (Wildman–Crippen LogP) is 1.57. The summed E-state index contributed by atoms with van der Waals surface area (Å²) in [5.41, 5.74) is -0.504. The Morgan fingerprint density at radius 2 is 1.71 bits per heavy atom. The fourth-order valence-corrected chi connectivity index (χ4v) is 1.53. The van der Waals surface area contributed by atoms with E-state index in [-0.39, 0.29) is 17.7 Å². The highest BCUT2D eigenvalue weighted by molar-refractivity contribution is 4.83. The lowest BCUT2D eigenvalue weighted by molar-refractivity contribution is -0.0466. The molecule has 0 spiro atoms. The van der Waals surface area contributed by atoms with Crippen molar-refractivity contribution in [2.24, 2.45) is 0 Å². The fourth-order valence-electron chi connectivity index (χ4n) is 1.53. The molecule has 17 heavy (non-hydrogen) atoms. The van der Waals surface area contributed by atoms with Crippen LogP contribution in [0.1, 0.15) is 41.5 Å². The molecule has 4 heteroatoms. The molecule has 0 radical (unpaired) electrons. The Labute approximate surface area is 106 Å². The van der Waals surface area contributed by atoms with Crippen LogP contribution in [0.2, 0.25) is 0 Å². The minimum Gasteiger partial charge on any atom is -0.394 e. The second-order valence-corrected chi connectivity index (χ2v) is 6.03. The van der Waals surface area contributed by atoms with Crippen LogP contribution in [0, 0.1) is 0 Å². The molecule has 0 aromatic carbocycles. The molecule has 4 nitrogen and oxygen atoms in total. The summed E-state index contributed by atoms with van der Waals surface area (Å²) < 4.78 is 11.1. The van der Waals surface area contributed by atoms with E-state index in [0.29, 0.717) is 25.9 Å². The third kappa shape index (κ3) is 9.53. The predicted molar refractivity (Wildman–Crippen MR) is 70.3 cm³/mol. The standard InChI is InChI=1S/C13H29NO3/c1-11(2)14-13(6,9-15)10-16-7-8-17-12(3,4)5/h11,14-15H,7-10H2,1-6H3. The Morgan fingerprint density at radius 1 is 1.12 bits per heavy atom. The Morgan fingerprint density at radius 3 is 2.12 bits per heavy atom. The molecule has 0 aliphatic heterocycles. The van der Waals surface area contributed by atoms with Gasteiger partial charge in [-0.3, -0.25) is 0 Å². The van der Waals surface area contributed by atoms with E-state index in [1.165, 1.54) is 0 Å². The zero-order valence-electron chi connectivity index (χ0n) is 12.2. The van der Waals surface area contributed by atoms with Gasteiger partial charge >= 0.3 is 0 Å². The van der Waals surface area contributed by atoms with Gasteiger partial charge in [0.05, 0.1) is 37.6 Å². The normalized spacial score (nSPS) is 16.2. The molecule has 0 aromatic heterocycles. The van der Waals surface area contributed by atoms with E-state index in [9.17, 15) is 5.11 Å². The summed E-state index contributed by atoms with van der Waals surface area (Å²) in [7, 11) is 0. The topological polar surface area (TPSA) is 50.7 Å². The maximum absolute atomic E-state index is 9.35. The summed E-state index contributed by atoms with van der Waals surface area (Å²) in [4.78, 5) is 0. The zero-order valence-corrected chi connectivity index (χ0v) is 12.2. The van der Waals surface area contributed by atoms with Crippen LogP contribution in [0.5, 0.6) is 0 Å². The van der Waals surface area contributed by atoms with Gasteiger partial charge in [-0.05, 0) is 27.7 Å². The van der Waals surface area contributed by atoms with Crippen LogP contribution in [-0.2, 0) is 9.47 Å². The van der Waals surface area contributed by atoms with Gasteiger partial charge in [0.25, 0.3) is 0 Å². The molecule has 0 saturated carbocycles. The molecular weight excluding hydrogens is 218 g/mol. The SMILES string of the molecule is CC(C)NC(C)(CO)COCCOC(C)(C)C. The summed E-state index contributed by atoms with van der Waals surface area (Å²) >= 11 is 0. The fraction of sp³-hybridized carbons (Fsp3) is 1.00. The van der Waals surface area contributed by atoms with Crippen molar-refractivity contribution in [1.29, 1.82) is 0 Å². The van der Waals surface area contributed by atoms with Gasteiger partial charge in [-0.1, -0.05) is 13.8 Å². The van der Waals surface area contributed by atoms with E-state index in [1.54, 1.807) is 0 Å². The van der Waals surface area contributed by atoms with Crippen molar-refractivity contribution < 1.29 is 14.6 Å². The smallest absolute Gasteiger partial charge is 0.0707 e. The largest absolute Gasteiger partial charge is 0.394 e. The molecule has 0 aliphatic carbocycles. The maximum atomic E-state index is 9.35. The van der Waals surface area contributed by atoms with Crippen LogP contribution < -0.4 is 5.32 Å². The van der Waals surface area contributed by atoms with Crippen molar-refractivity contribution >= 4 is 0 Å². The van der Waals surface area contributed by atoms with Crippen LogP contribution in [-0.4, -0.2) is 48.7 Å². The van der Waals surface area contributed by atoms with Gasteiger partial charge in [0.2, 0.25) is 0 Å². The Bertz CT molecular complexity index is 201. The average Bonchev–Trinajstić information content (AvgIpc) is 2.14. The highest BCUT2D eigenvalue weighted by Crippen LogP contribution is 2.07. The quantitative estimate of drug-likeness (QED) is 0.639. The zero-order chi connectivity index (χ0) is 13.5. The lowest BCUT2D eigenvalue weighted by Crippen LogP contribution is -2.52. The molecule has 1 unspecified atom stereocenters. The molecule has 0 aliphatic rings. The van der Waals surface area contributed by atoms with E-state index >= 15 is 0 Å². The molecule has 0 heterocycles. The monoisotopic (exact) mass is 247 g/mol. The van der Waals surface area contributed by atoms with Crippen LogP contribution in [0.25, 0.3) is 0 Å². The molecule has 0 bridgehead atoms. The van der Waals surface area contributed by atoms with Gasteiger partial charge in [0, 0.05) is 6.04 Å². The van der Waals surface area contributed by atoms with Gasteiger partial charge in [-0.25, -0.2) is 0 Å². The van der Waals surface area contributed by atoms with Crippen molar-refractivity contribution in [2.45, 2.75) is 58.7 Å². The summed E-state index contributed by atoms with van der Waals surface area (Å²) in [6.45, 7) is 13.8. The van der Waals surface area contributed by atoms with Crippen LogP contribution in [0.3, 0.4) is 0 Å². The van der Waals surface area contributed by atoms with Gasteiger partial charge in [-0.15, -0.1) is 0 Å². The number of aliphatic hydroxyl groups is 1. The van der Waals surface area contributed by atoms with Crippen LogP contribution in [0.4, 0.5) is 0 Å². The summed E-state index contributed by atoms with van der Waals surface area (Å²) in [5.74, 6) is 0. The third-order valence-electron chi connectivity index (χ3n) is 2.17. The van der Waals surface area contributed by atoms with Crippen molar-refractivity contribution in [1.82, 2.24) is 5.32 Å². The first-order valence-electron chi connectivity index (χ1n) is 6.29. The maximum Gasteiger partial charge on any atom is 0.0707 e. The van der Waals surface area contributed by atoms with Crippen molar-refractivity contribution in [3.8, 4) is 0 Å². The van der Waals surface area contributed by atoms with Crippen molar-refractivity contribution in [3.05, 3.63) is 0 Å². The molecule has 0 aromatic rings. The lowest BCUT2D eigenvalue weighted by atomic mass is 10.0. The van der Waals surface area contributed by atoms with Gasteiger partial charge < -0.3 is 19.9 Å². The number of ether oxygens (including phenoxy) is 2. The van der Waals surface area contributed by atoms with Crippen LogP contribution >= 0.6 is 0 Å². The van der Waals surface area contributed by atoms with Crippen molar-refractivity contribution in [3.63, 3.8) is 0 Å². The van der Waals surface area contributed by atoms with E-state index in [1.807, 2.05) is 27.7 Å². The highest BCUT2D eigenvalue weighted by Gasteiger charge is 2.24. The molecule has 2 N–H and O–H groups in total. The molecule has 0 amide bonds. The van der Waals surface area contributed by atoms with Gasteiger partial charge in [0.15, 0.2) is 0 Å². The number of hydrogen-bond acceptors (Lipinski definition) is 4. The second-order valence-electron chi connectivity index (χ2n) is 6.03. The Kier molecular flexibility index (Phi) is 7.24. The van der Waals surface area contributed by atoms with E-state index in [2.05, 4.69) is 19.2 Å². The van der Waals surface area contributed by atoms with E-state index in [0.717, 1.165) is 0 Å². The molecule has 0 fully saturated rings. The first-order valence-corrected chi connectivity index (χ1v) is 6.29. The third-order valence-corrected chi connectivity index (χ3v) is 2.17.